The molecule has 0 amide bonds. The van der Waals surface area contributed by atoms with Gasteiger partial charge in [0, 0.05) is 1.43 Å². The predicted octanol–water partition coefficient (Wildman–Crippen LogP) is 0.793. The van der Waals surface area contributed by atoms with Crippen LogP contribution in [-0.4, -0.2) is 26.2 Å². The molecule has 0 aliphatic rings. The molecule has 0 spiro atoms. The predicted molar refractivity (Wildman–Crippen MR) is 41.9 cm³/mol. The lowest BCUT2D eigenvalue weighted by atomic mass is 10.2. The lowest BCUT2D eigenvalue weighted by molar-refractivity contribution is -0.143. The highest BCUT2D eigenvalue weighted by Gasteiger charge is 2.14. The number of rotatable bonds is 4. The molecule has 3 nitrogen and oxygen atoms in total. The molecular formula is C7H17NO2. The van der Waals surface area contributed by atoms with Crippen molar-refractivity contribution < 1.29 is 11.0 Å². The Morgan fingerprint density at radius 1 is 1.80 bits per heavy atom. The van der Waals surface area contributed by atoms with Gasteiger partial charge >= 0.3 is 5.97 Å². The lowest BCUT2D eigenvalue weighted by Crippen LogP contribution is -2.34. The van der Waals surface area contributed by atoms with Gasteiger partial charge in [-0.25, -0.2) is 0 Å². The van der Waals surface area contributed by atoms with Crippen LogP contribution in [0.5, 0.6) is 0 Å². The molecule has 0 aliphatic carbocycles. The second kappa shape index (κ2) is 5.23. The van der Waals surface area contributed by atoms with E-state index in [2.05, 4.69) is 10.1 Å². The van der Waals surface area contributed by atoms with Gasteiger partial charge in [0.2, 0.25) is 0 Å². The molecule has 10 heavy (non-hydrogen) atoms. The summed E-state index contributed by atoms with van der Waals surface area (Å²) >= 11 is 0. The molecule has 0 heterocycles. The number of carbonyl (C=O) groups excluding carboxylic acids is 1. The summed E-state index contributed by atoms with van der Waals surface area (Å²) < 4.78 is 4.55. The van der Waals surface area contributed by atoms with Crippen molar-refractivity contribution in [2.45, 2.75) is 25.8 Å². The van der Waals surface area contributed by atoms with E-state index >= 15 is 0 Å². The fourth-order valence-corrected chi connectivity index (χ4v) is 0.811. The number of methoxy groups -OCH3 is 1. The molecule has 0 saturated heterocycles. The van der Waals surface area contributed by atoms with Crippen molar-refractivity contribution in [3.8, 4) is 0 Å². The van der Waals surface area contributed by atoms with Crippen LogP contribution in [0.25, 0.3) is 0 Å². The van der Waals surface area contributed by atoms with Crippen LogP contribution in [0.15, 0.2) is 0 Å². The first-order chi connectivity index (χ1) is 4.76. The zero-order chi connectivity index (χ0) is 7.98. The monoisotopic (exact) mass is 147 g/mol. The largest absolute Gasteiger partial charge is 0.468 e. The number of nitrogens with one attached hydrogen (secondary N) is 1. The van der Waals surface area contributed by atoms with Crippen LogP contribution < -0.4 is 5.32 Å². The van der Waals surface area contributed by atoms with E-state index in [0.29, 0.717) is 0 Å². The van der Waals surface area contributed by atoms with Gasteiger partial charge in [0.05, 0.1) is 7.11 Å². The maximum atomic E-state index is 10.8. The van der Waals surface area contributed by atoms with Crippen LogP contribution in [0, 0.1) is 0 Å². The van der Waals surface area contributed by atoms with Gasteiger partial charge in [-0.15, -0.1) is 0 Å². The second-order valence-corrected chi connectivity index (χ2v) is 2.15. The highest BCUT2D eigenvalue weighted by Crippen LogP contribution is 1.96. The summed E-state index contributed by atoms with van der Waals surface area (Å²) in [6.07, 6.45) is 1.82. The Morgan fingerprint density at radius 2 is 2.40 bits per heavy atom. The molecule has 1 atom stereocenters. The molecule has 62 valence electrons. The van der Waals surface area contributed by atoms with E-state index in [1.807, 2.05) is 6.92 Å². The molecule has 0 aliphatic heterocycles. The Labute approximate surface area is 63.2 Å². The maximum absolute atomic E-state index is 10.8. The third-order valence-corrected chi connectivity index (χ3v) is 1.41. The van der Waals surface area contributed by atoms with Gasteiger partial charge in [-0.05, 0) is 13.5 Å². The number of hydrogen-bond donors (Lipinski definition) is 1. The molecule has 0 rings (SSSR count). The van der Waals surface area contributed by atoms with Gasteiger partial charge in [0.15, 0.2) is 0 Å². The van der Waals surface area contributed by atoms with E-state index in [0.717, 1.165) is 12.8 Å². The number of ether oxygens (including phenoxy) is 1. The van der Waals surface area contributed by atoms with Gasteiger partial charge in [0.25, 0.3) is 0 Å². The van der Waals surface area contributed by atoms with Crippen molar-refractivity contribution in [2.24, 2.45) is 0 Å². The maximum Gasteiger partial charge on any atom is 0.322 e. The van der Waals surface area contributed by atoms with Crippen molar-refractivity contribution in [1.29, 1.82) is 0 Å². The SMILES string of the molecule is CCC[C@@H](NC)C(=O)OC.[HH]. The minimum Gasteiger partial charge on any atom is -0.468 e. The average molecular weight is 147 g/mol. The van der Waals surface area contributed by atoms with Crippen molar-refractivity contribution in [3.63, 3.8) is 0 Å². The van der Waals surface area contributed by atoms with Gasteiger partial charge < -0.3 is 10.1 Å². The van der Waals surface area contributed by atoms with E-state index in [1.165, 1.54) is 7.11 Å². The molecule has 0 aromatic heterocycles. The summed E-state index contributed by atoms with van der Waals surface area (Å²) in [5.74, 6) is -0.177. The van der Waals surface area contributed by atoms with E-state index in [1.54, 1.807) is 7.05 Å². The van der Waals surface area contributed by atoms with Crippen LogP contribution in [0.3, 0.4) is 0 Å². The summed E-state index contributed by atoms with van der Waals surface area (Å²) in [6, 6.07) is -0.130. The number of esters is 1. The van der Waals surface area contributed by atoms with Crippen molar-refractivity contribution in [3.05, 3.63) is 0 Å². The van der Waals surface area contributed by atoms with Gasteiger partial charge in [-0.1, -0.05) is 13.3 Å². The Balaban J connectivity index is 0. The third-order valence-electron chi connectivity index (χ3n) is 1.41. The Bertz CT molecular complexity index is 109. The second-order valence-electron chi connectivity index (χ2n) is 2.15. The van der Waals surface area contributed by atoms with Crippen molar-refractivity contribution in [2.75, 3.05) is 14.2 Å². The molecule has 1 N–H and O–H groups in total. The minimum absolute atomic E-state index is 0. The molecule has 0 aromatic rings. The highest BCUT2D eigenvalue weighted by atomic mass is 16.5. The van der Waals surface area contributed by atoms with Gasteiger partial charge in [0.1, 0.15) is 6.04 Å². The molecule has 0 bridgehead atoms. The average Bonchev–Trinajstić information content (AvgIpc) is 1.99. The highest BCUT2D eigenvalue weighted by molar-refractivity contribution is 5.75. The van der Waals surface area contributed by atoms with Crippen LogP contribution in [0.1, 0.15) is 21.2 Å². The quantitative estimate of drug-likeness (QED) is 0.597. The van der Waals surface area contributed by atoms with Crippen LogP contribution >= 0.6 is 0 Å². The first-order valence-corrected chi connectivity index (χ1v) is 3.51. The standard InChI is InChI=1S/C7H15NO2.H2/c1-4-5-6(8-2)7(9)10-3;/h6,8H,4-5H2,1-3H3;1H/t6-;/m1./s1. The Kier molecular flexibility index (Phi) is 4.94. The number of carbonyl (C=O) groups is 1. The fourth-order valence-electron chi connectivity index (χ4n) is 0.811. The molecule has 0 radical (unpaired) electrons. The summed E-state index contributed by atoms with van der Waals surface area (Å²) in [4.78, 5) is 10.8. The normalized spacial score (nSPS) is 12.7. The Hall–Kier alpha value is -0.570. The van der Waals surface area contributed by atoms with Crippen molar-refractivity contribution >= 4 is 5.97 Å². The van der Waals surface area contributed by atoms with E-state index in [9.17, 15) is 4.79 Å². The fraction of sp³-hybridized carbons (Fsp3) is 0.857. The van der Waals surface area contributed by atoms with Crippen LogP contribution in [-0.2, 0) is 9.53 Å². The molecular weight excluding hydrogens is 130 g/mol. The molecule has 0 saturated carbocycles. The van der Waals surface area contributed by atoms with Crippen molar-refractivity contribution in [1.82, 2.24) is 5.32 Å². The van der Waals surface area contributed by atoms with E-state index < -0.39 is 0 Å². The van der Waals surface area contributed by atoms with Gasteiger partial charge in [-0.2, -0.15) is 0 Å². The summed E-state index contributed by atoms with van der Waals surface area (Å²) in [6.45, 7) is 2.04. The summed E-state index contributed by atoms with van der Waals surface area (Å²) in [7, 11) is 3.17. The van der Waals surface area contributed by atoms with Crippen LogP contribution in [0.2, 0.25) is 0 Å². The molecule has 0 aromatic carbocycles. The molecule has 0 fully saturated rings. The number of likely N-dealkylation sites (N-methyl/N-ethyl adjacent to an activating group) is 1. The zero-order valence-corrected chi connectivity index (χ0v) is 6.81. The zero-order valence-electron chi connectivity index (χ0n) is 6.81. The van der Waals surface area contributed by atoms with Crippen LogP contribution in [0.4, 0.5) is 0 Å². The van der Waals surface area contributed by atoms with E-state index in [-0.39, 0.29) is 13.4 Å². The molecule has 0 unspecified atom stereocenters. The van der Waals surface area contributed by atoms with E-state index in [4.69, 9.17) is 0 Å². The van der Waals surface area contributed by atoms with Gasteiger partial charge in [-0.3, -0.25) is 4.79 Å². The third kappa shape index (κ3) is 2.82. The summed E-state index contributed by atoms with van der Waals surface area (Å²) in [5.41, 5.74) is 0. The minimum atomic E-state index is -0.177. The summed E-state index contributed by atoms with van der Waals surface area (Å²) in [5, 5.41) is 2.88. The first-order valence-electron chi connectivity index (χ1n) is 3.51. The first kappa shape index (κ1) is 9.43. The topological polar surface area (TPSA) is 38.3 Å². The Morgan fingerprint density at radius 3 is 2.70 bits per heavy atom. The smallest absolute Gasteiger partial charge is 0.322 e. The number of hydrogen-bond acceptors (Lipinski definition) is 3. The lowest BCUT2D eigenvalue weighted by Gasteiger charge is -2.11. The molecule has 3 heteroatoms.